The average molecular weight is 507 g/mol. The van der Waals surface area contributed by atoms with E-state index in [0.29, 0.717) is 33.5 Å². The Bertz CT molecular complexity index is 1070. The van der Waals surface area contributed by atoms with Crippen molar-refractivity contribution in [1.82, 2.24) is 0 Å². The van der Waals surface area contributed by atoms with E-state index < -0.39 is 5.97 Å². The highest BCUT2D eigenvalue weighted by Gasteiger charge is 2.20. The summed E-state index contributed by atoms with van der Waals surface area (Å²) < 4.78 is 5.83. The first kappa shape index (κ1) is 22.3. The van der Waals surface area contributed by atoms with E-state index in [1.165, 1.54) is 0 Å². The van der Waals surface area contributed by atoms with E-state index in [1.807, 2.05) is 6.07 Å². The topological polar surface area (TPSA) is 46.6 Å². The molecule has 4 nitrogen and oxygen atoms in total. The van der Waals surface area contributed by atoms with Gasteiger partial charge in [-0.2, -0.15) is 0 Å². The van der Waals surface area contributed by atoms with Crippen LogP contribution in [0.25, 0.3) is 0 Å². The molecular weight excluding hydrogens is 489 g/mol. The van der Waals surface area contributed by atoms with E-state index in [-0.39, 0.29) is 12.5 Å². The maximum atomic E-state index is 13.3. The summed E-state index contributed by atoms with van der Waals surface area (Å²) >= 11 is 15.8. The smallest absolute Gasteiger partial charge is 0.338 e. The fourth-order valence-electron chi connectivity index (χ4n) is 2.87. The van der Waals surface area contributed by atoms with Gasteiger partial charge in [-0.05, 0) is 67.1 Å². The minimum Gasteiger partial charge on any atom is -0.462 e. The molecule has 0 aromatic heterocycles. The van der Waals surface area contributed by atoms with Gasteiger partial charge in [0.2, 0.25) is 0 Å². The van der Waals surface area contributed by atoms with Crippen LogP contribution in [0.5, 0.6) is 0 Å². The highest BCUT2D eigenvalue weighted by Crippen LogP contribution is 2.27. The minimum atomic E-state index is -0.408. The zero-order valence-corrected chi connectivity index (χ0v) is 19.2. The Morgan fingerprint density at radius 1 is 0.967 bits per heavy atom. The number of halogens is 3. The molecule has 3 rings (SSSR count). The summed E-state index contributed by atoms with van der Waals surface area (Å²) in [5.74, 6) is -0.610. The van der Waals surface area contributed by atoms with Crippen molar-refractivity contribution in [2.24, 2.45) is 0 Å². The average Bonchev–Trinajstić information content (AvgIpc) is 2.73. The van der Waals surface area contributed by atoms with Gasteiger partial charge in [-0.25, -0.2) is 4.79 Å². The number of anilines is 1. The van der Waals surface area contributed by atoms with Crippen LogP contribution < -0.4 is 4.90 Å². The van der Waals surface area contributed by atoms with E-state index in [9.17, 15) is 9.59 Å². The molecule has 0 heterocycles. The number of amides is 1. The molecule has 0 N–H and O–H groups in total. The molecule has 0 aliphatic carbocycles. The van der Waals surface area contributed by atoms with Gasteiger partial charge in [0, 0.05) is 25.8 Å². The first-order valence-electron chi connectivity index (χ1n) is 9.17. The van der Waals surface area contributed by atoms with Crippen LogP contribution in [-0.4, -0.2) is 18.5 Å². The van der Waals surface area contributed by atoms with E-state index in [1.54, 1.807) is 72.5 Å². The summed E-state index contributed by atoms with van der Waals surface area (Å²) in [6.45, 7) is 2.28. The molecule has 0 aliphatic heterocycles. The number of rotatable bonds is 6. The van der Waals surface area contributed by atoms with Crippen molar-refractivity contribution in [3.8, 4) is 0 Å². The number of esters is 1. The molecule has 3 aromatic carbocycles. The standard InChI is InChI=1S/C23H18BrCl2NO3/c1-2-30-23(29)15-7-10-20(11-8-15)27(14-17-6-9-19(25)13-21(17)26)22(28)16-4-3-5-18(24)12-16/h3-13H,2,14H2,1H3. The summed E-state index contributed by atoms with van der Waals surface area (Å²) in [5.41, 5.74) is 2.31. The van der Waals surface area contributed by atoms with E-state index in [4.69, 9.17) is 27.9 Å². The quantitative estimate of drug-likeness (QED) is 0.346. The second kappa shape index (κ2) is 10.1. The molecule has 3 aromatic rings. The van der Waals surface area contributed by atoms with Crippen LogP contribution in [-0.2, 0) is 11.3 Å². The van der Waals surface area contributed by atoms with Gasteiger partial charge in [-0.3, -0.25) is 4.79 Å². The van der Waals surface area contributed by atoms with Crippen LogP contribution in [0.4, 0.5) is 5.69 Å². The van der Waals surface area contributed by atoms with Gasteiger partial charge in [0.15, 0.2) is 0 Å². The lowest BCUT2D eigenvalue weighted by molar-refractivity contribution is 0.0526. The Labute approximate surface area is 193 Å². The van der Waals surface area contributed by atoms with Crippen LogP contribution in [0.15, 0.2) is 71.2 Å². The summed E-state index contributed by atoms with van der Waals surface area (Å²) in [5, 5.41) is 0.991. The predicted molar refractivity (Wildman–Crippen MR) is 124 cm³/mol. The molecule has 0 radical (unpaired) electrons. The fourth-order valence-corrected chi connectivity index (χ4v) is 3.74. The SMILES string of the molecule is CCOC(=O)c1ccc(N(Cc2ccc(Cl)cc2Cl)C(=O)c2cccc(Br)c2)cc1. The van der Waals surface area contributed by atoms with Crippen LogP contribution >= 0.6 is 39.1 Å². The van der Waals surface area contributed by atoms with Gasteiger partial charge >= 0.3 is 5.97 Å². The number of carbonyl (C=O) groups is 2. The second-order valence-corrected chi connectivity index (χ2v) is 8.16. The first-order chi connectivity index (χ1) is 14.4. The third-order valence-electron chi connectivity index (χ3n) is 4.35. The van der Waals surface area contributed by atoms with Gasteiger partial charge < -0.3 is 9.64 Å². The molecule has 0 saturated carbocycles. The Morgan fingerprint density at radius 2 is 1.70 bits per heavy atom. The monoisotopic (exact) mass is 505 g/mol. The normalized spacial score (nSPS) is 10.5. The van der Waals surface area contributed by atoms with Crippen molar-refractivity contribution in [2.75, 3.05) is 11.5 Å². The molecule has 0 unspecified atom stereocenters. The lowest BCUT2D eigenvalue weighted by atomic mass is 10.1. The molecule has 0 saturated heterocycles. The number of nitrogens with zero attached hydrogens (tertiary/aromatic N) is 1. The van der Waals surface area contributed by atoms with Crippen molar-refractivity contribution in [2.45, 2.75) is 13.5 Å². The molecule has 1 amide bonds. The molecule has 0 aliphatic rings. The van der Waals surface area contributed by atoms with Crippen LogP contribution in [0.1, 0.15) is 33.2 Å². The van der Waals surface area contributed by atoms with E-state index in [2.05, 4.69) is 15.9 Å². The molecule has 30 heavy (non-hydrogen) atoms. The second-order valence-electron chi connectivity index (χ2n) is 6.40. The minimum absolute atomic E-state index is 0.203. The van der Waals surface area contributed by atoms with Crippen molar-refractivity contribution in [3.05, 3.63) is 97.9 Å². The van der Waals surface area contributed by atoms with Gasteiger partial charge in [-0.15, -0.1) is 0 Å². The molecule has 0 bridgehead atoms. The predicted octanol–water partition coefficient (Wildman–Crippen LogP) is 6.78. The van der Waals surface area contributed by atoms with Crippen molar-refractivity contribution < 1.29 is 14.3 Å². The van der Waals surface area contributed by atoms with Gasteiger partial charge in [0.1, 0.15) is 0 Å². The fraction of sp³-hybridized carbons (Fsp3) is 0.130. The van der Waals surface area contributed by atoms with Crippen molar-refractivity contribution >= 4 is 56.7 Å². The molecule has 0 atom stereocenters. The zero-order valence-electron chi connectivity index (χ0n) is 16.1. The first-order valence-corrected chi connectivity index (χ1v) is 10.7. The Morgan fingerprint density at radius 3 is 2.33 bits per heavy atom. The maximum Gasteiger partial charge on any atom is 0.338 e. The van der Waals surface area contributed by atoms with Crippen LogP contribution in [0.3, 0.4) is 0 Å². The Hall–Kier alpha value is -2.34. The molecule has 0 spiro atoms. The molecular formula is C23H18BrCl2NO3. The molecule has 154 valence electrons. The number of hydrogen-bond donors (Lipinski definition) is 0. The summed E-state index contributed by atoms with van der Waals surface area (Å²) in [4.78, 5) is 26.9. The molecule has 0 fully saturated rings. The van der Waals surface area contributed by atoms with Crippen molar-refractivity contribution in [3.63, 3.8) is 0 Å². The third-order valence-corrected chi connectivity index (χ3v) is 5.43. The van der Waals surface area contributed by atoms with Crippen LogP contribution in [0, 0.1) is 0 Å². The number of benzene rings is 3. The maximum absolute atomic E-state index is 13.3. The van der Waals surface area contributed by atoms with Crippen LogP contribution in [0.2, 0.25) is 10.0 Å². The largest absolute Gasteiger partial charge is 0.462 e. The van der Waals surface area contributed by atoms with E-state index in [0.717, 1.165) is 10.0 Å². The summed E-state index contributed by atoms with van der Waals surface area (Å²) in [6.07, 6.45) is 0. The lowest BCUT2D eigenvalue weighted by Gasteiger charge is -2.24. The summed E-state index contributed by atoms with van der Waals surface area (Å²) in [7, 11) is 0. The van der Waals surface area contributed by atoms with Gasteiger partial charge in [0.05, 0.1) is 18.7 Å². The van der Waals surface area contributed by atoms with Gasteiger partial charge in [0.25, 0.3) is 5.91 Å². The van der Waals surface area contributed by atoms with Crippen molar-refractivity contribution in [1.29, 1.82) is 0 Å². The Balaban J connectivity index is 1.98. The van der Waals surface area contributed by atoms with Gasteiger partial charge in [-0.1, -0.05) is 51.3 Å². The number of ether oxygens (including phenoxy) is 1. The lowest BCUT2D eigenvalue weighted by Crippen LogP contribution is -2.30. The summed E-state index contributed by atoms with van der Waals surface area (Å²) in [6, 6.07) is 19.0. The Kier molecular flexibility index (Phi) is 7.53. The van der Waals surface area contributed by atoms with E-state index >= 15 is 0 Å². The highest BCUT2D eigenvalue weighted by atomic mass is 79.9. The molecule has 7 heteroatoms. The third kappa shape index (κ3) is 5.42. The zero-order chi connectivity index (χ0) is 21.7. The number of hydrogen-bond acceptors (Lipinski definition) is 3. The number of carbonyl (C=O) groups excluding carboxylic acids is 2. The highest BCUT2D eigenvalue weighted by molar-refractivity contribution is 9.10.